The molecule has 0 atom stereocenters. The zero-order valence-electron chi connectivity index (χ0n) is 14.3. The van der Waals surface area contributed by atoms with E-state index in [1.165, 1.54) is 15.6 Å². The van der Waals surface area contributed by atoms with Crippen molar-refractivity contribution in [3.8, 4) is 21.1 Å². The summed E-state index contributed by atoms with van der Waals surface area (Å²) in [5.41, 5.74) is 2.69. The van der Waals surface area contributed by atoms with Crippen LogP contribution in [0.25, 0.3) is 21.1 Å². The van der Waals surface area contributed by atoms with Crippen molar-refractivity contribution in [1.29, 1.82) is 0 Å². The van der Waals surface area contributed by atoms with E-state index in [4.69, 9.17) is 0 Å². The highest BCUT2D eigenvalue weighted by Crippen LogP contribution is 2.34. The third kappa shape index (κ3) is 3.28. The van der Waals surface area contributed by atoms with Gasteiger partial charge in [-0.1, -0.05) is 5.16 Å². The first-order chi connectivity index (χ1) is 13.0. The number of hydrogen-bond donors (Lipinski definition) is 1. The number of anilines is 1. The van der Waals surface area contributed by atoms with Gasteiger partial charge in [0, 0.05) is 37.1 Å². The standard InChI is InChI=1S/C17H15N5O3S2/c1-27(24,25)22-8-6-13(21-23)16-14(22)5-4-12(20-16)15-10-19-17(26-15)11-3-2-7-18-9-11/h2-5,7,9-10,23H,6,8H2,1H3/b21-13+. The zero-order valence-corrected chi connectivity index (χ0v) is 15.9. The lowest BCUT2D eigenvalue weighted by atomic mass is 10.1. The van der Waals surface area contributed by atoms with Crippen molar-refractivity contribution >= 4 is 32.8 Å². The first-order valence-corrected chi connectivity index (χ1v) is 10.7. The maximum absolute atomic E-state index is 12.0. The minimum Gasteiger partial charge on any atom is -0.411 e. The van der Waals surface area contributed by atoms with Crippen LogP contribution in [0, 0.1) is 0 Å². The predicted molar refractivity (Wildman–Crippen MR) is 104 cm³/mol. The Balaban J connectivity index is 1.78. The molecule has 3 aromatic rings. The second-order valence-electron chi connectivity index (χ2n) is 5.97. The largest absolute Gasteiger partial charge is 0.411 e. The van der Waals surface area contributed by atoms with Crippen molar-refractivity contribution in [2.45, 2.75) is 6.42 Å². The highest BCUT2D eigenvalue weighted by Gasteiger charge is 2.29. The predicted octanol–water partition coefficient (Wildman–Crippen LogP) is 2.62. The number of fused-ring (bicyclic) bond motifs is 1. The molecule has 0 aliphatic carbocycles. The zero-order chi connectivity index (χ0) is 19.0. The monoisotopic (exact) mass is 401 g/mol. The maximum Gasteiger partial charge on any atom is 0.232 e. The van der Waals surface area contributed by atoms with E-state index in [1.54, 1.807) is 30.7 Å². The van der Waals surface area contributed by atoms with Crippen LogP contribution in [0.15, 0.2) is 48.0 Å². The molecule has 0 spiro atoms. The summed E-state index contributed by atoms with van der Waals surface area (Å²) < 4.78 is 25.4. The fourth-order valence-electron chi connectivity index (χ4n) is 2.91. The van der Waals surface area contributed by atoms with Gasteiger partial charge in [0.2, 0.25) is 10.0 Å². The fraction of sp³-hybridized carbons (Fsp3) is 0.176. The van der Waals surface area contributed by atoms with E-state index in [0.29, 0.717) is 22.8 Å². The molecule has 4 rings (SSSR count). The van der Waals surface area contributed by atoms with E-state index in [2.05, 4.69) is 20.1 Å². The number of rotatable bonds is 3. The third-order valence-electron chi connectivity index (χ3n) is 4.16. The number of hydrogen-bond acceptors (Lipinski definition) is 8. The van der Waals surface area contributed by atoms with E-state index in [-0.39, 0.29) is 13.0 Å². The molecular formula is C17H15N5O3S2. The first kappa shape index (κ1) is 17.6. The Kier molecular flexibility index (Phi) is 4.36. The molecule has 10 heteroatoms. The van der Waals surface area contributed by atoms with Crippen LogP contribution in [0.3, 0.4) is 0 Å². The Bertz CT molecular complexity index is 1130. The summed E-state index contributed by atoms with van der Waals surface area (Å²) in [6, 6.07) is 7.21. The highest BCUT2D eigenvalue weighted by atomic mass is 32.2. The molecule has 0 saturated heterocycles. The summed E-state index contributed by atoms with van der Waals surface area (Å²) in [4.78, 5) is 13.9. The van der Waals surface area contributed by atoms with Gasteiger partial charge < -0.3 is 5.21 Å². The van der Waals surface area contributed by atoms with Crippen molar-refractivity contribution in [1.82, 2.24) is 15.0 Å². The van der Waals surface area contributed by atoms with Gasteiger partial charge in [-0.25, -0.2) is 18.4 Å². The number of pyridine rings is 2. The van der Waals surface area contributed by atoms with Crippen LogP contribution < -0.4 is 4.31 Å². The van der Waals surface area contributed by atoms with Gasteiger partial charge in [0.1, 0.15) is 16.4 Å². The van der Waals surface area contributed by atoms with Crippen molar-refractivity contribution < 1.29 is 13.6 Å². The van der Waals surface area contributed by atoms with Gasteiger partial charge in [-0.2, -0.15) is 0 Å². The van der Waals surface area contributed by atoms with Gasteiger partial charge >= 0.3 is 0 Å². The molecule has 27 heavy (non-hydrogen) atoms. The average molecular weight is 401 g/mol. The van der Waals surface area contributed by atoms with Gasteiger partial charge in [0.25, 0.3) is 0 Å². The lowest BCUT2D eigenvalue weighted by Crippen LogP contribution is -2.37. The Morgan fingerprint density at radius 1 is 1.26 bits per heavy atom. The lowest BCUT2D eigenvalue weighted by molar-refractivity contribution is 0.317. The molecular weight excluding hydrogens is 386 g/mol. The molecule has 0 fully saturated rings. The Hall–Kier alpha value is -2.85. The van der Waals surface area contributed by atoms with Crippen LogP contribution in [0.5, 0.6) is 0 Å². The van der Waals surface area contributed by atoms with Crippen LogP contribution in [-0.2, 0) is 10.0 Å². The molecule has 0 saturated carbocycles. The maximum atomic E-state index is 12.0. The summed E-state index contributed by atoms with van der Waals surface area (Å²) in [6.45, 7) is 0.220. The topological polar surface area (TPSA) is 109 Å². The summed E-state index contributed by atoms with van der Waals surface area (Å²) in [7, 11) is -3.44. The SMILES string of the molecule is CS(=O)(=O)N1CC/C(=N\O)c2nc(-c3cnc(-c4cccnc4)s3)ccc21. The fourth-order valence-corrected chi connectivity index (χ4v) is 4.71. The van der Waals surface area contributed by atoms with E-state index in [1.807, 2.05) is 12.1 Å². The van der Waals surface area contributed by atoms with Crippen LogP contribution in [0.4, 0.5) is 5.69 Å². The van der Waals surface area contributed by atoms with Gasteiger partial charge in [-0.3, -0.25) is 9.29 Å². The van der Waals surface area contributed by atoms with E-state index >= 15 is 0 Å². The number of aromatic nitrogens is 3. The van der Waals surface area contributed by atoms with E-state index in [9.17, 15) is 13.6 Å². The van der Waals surface area contributed by atoms with Crippen molar-refractivity contribution in [3.05, 3.63) is 48.5 Å². The van der Waals surface area contributed by atoms with Crippen LogP contribution >= 0.6 is 11.3 Å². The molecule has 0 radical (unpaired) electrons. The molecule has 0 amide bonds. The molecule has 0 bridgehead atoms. The van der Waals surface area contributed by atoms with Crippen LogP contribution in [0.1, 0.15) is 12.1 Å². The molecule has 4 heterocycles. The summed E-state index contributed by atoms with van der Waals surface area (Å²) in [5, 5.41) is 13.4. The number of sulfonamides is 1. The van der Waals surface area contributed by atoms with Crippen molar-refractivity contribution in [3.63, 3.8) is 0 Å². The highest BCUT2D eigenvalue weighted by molar-refractivity contribution is 7.92. The Labute approximate surface area is 159 Å². The van der Waals surface area contributed by atoms with E-state index < -0.39 is 10.0 Å². The number of nitrogens with zero attached hydrogens (tertiary/aromatic N) is 5. The van der Waals surface area contributed by atoms with Crippen molar-refractivity contribution in [2.75, 3.05) is 17.1 Å². The van der Waals surface area contributed by atoms with Crippen LogP contribution in [0.2, 0.25) is 0 Å². The molecule has 1 aliphatic rings. The number of thiazole rings is 1. The van der Waals surface area contributed by atoms with Gasteiger partial charge in [-0.15, -0.1) is 11.3 Å². The minimum atomic E-state index is -3.44. The summed E-state index contributed by atoms with van der Waals surface area (Å²) >= 11 is 1.46. The third-order valence-corrected chi connectivity index (χ3v) is 6.40. The molecule has 1 N–H and O–H groups in total. The molecule has 0 aromatic carbocycles. The molecule has 138 valence electrons. The van der Waals surface area contributed by atoms with Gasteiger partial charge in [0.05, 0.1) is 22.5 Å². The number of oxime groups is 1. The molecule has 1 aliphatic heterocycles. The Morgan fingerprint density at radius 3 is 2.81 bits per heavy atom. The summed E-state index contributed by atoms with van der Waals surface area (Å²) in [6.07, 6.45) is 6.59. The van der Waals surface area contributed by atoms with Gasteiger partial charge in [0.15, 0.2) is 0 Å². The molecule has 3 aromatic heterocycles. The molecule has 0 unspecified atom stereocenters. The van der Waals surface area contributed by atoms with Gasteiger partial charge in [-0.05, 0) is 24.3 Å². The average Bonchev–Trinajstić information content (AvgIpc) is 3.17. The second kappa shape index (κ2) is 6.71. The quantitative estimate of drug-likeness (QED) is 0.534. The Morgan fingerprint density at radius 2 is 2.11 bits per heavy atom. The molecule has 8 nitrogen and oxygen atoms in total. The normalized spacial score (nSPS) is 15.7. The summed E-state index contributed by atoms with van der Waals surface area (Å²) in [5.74, 6) is 0. The lowest BCUT2D eigenvalue weighted by Gasteiger charge is -2.28. The van der Waals surface area contributed by atoms with Crippen LogP contribution in [-0.4, -0.2) is 47.1 Å². The smallest absolute Gasteiger partial charge is 0.232 e. The van der Waals surface area contributed by atoms with E-state index in [0.717, 1.165) is 21.7 Å². The minimum absolute atomic E-state index is 0.220. The first-order valence-electron chi connectivity index (χ1n) is 8.04. The second-order valence-corrected chi connectivity index (χ2v) is 8.90. The van der Waals surface area contributed by atoms with Crippen molar-refractivity contribution in [2.24, 2.45) is 5.16 Å².